The van der Waals surface area contributed by atoms with E-state index >= 15 is 0 Å². The van der Waals surface area contributed by atoms with Crippen molar-refractivity contribution in [1.29, 1.82) is 0 Å². The van der Waals surface area contributed by atoms with E-state index in [0.717, 1.165) is 29.7 Å². The first-order valence-electron chi connectivity index (χ1n) is 6.85. The molecule has 0 radical (unpaired) electrons. The highest BCUT2D eigenvalue weighted by atomic mass is 19.4. The lowest BCUT2D eigenvalue weighted by molar-refractivity contribution is -0.137. The zero-order valence-electron chi connectivity index (χ0n) is 11.3. The van der Waals surface area contributed by atoms with E-state index in [1.165, 1.54) is 12.1 Å². The van der Waals surface area contributed by atoms with Gasteiger partial charge in [-0.3, -0.25) is 0 Å². The average Bonchev–Trinajstić information content (AvgIpc) is 2.77. The van der Waals surface area contributed by atoms with Crippen LogP contribution in [0.3, 0.4) is 0 Å². The van der Waals surface area contributed by atoms with Crippen LogP contribution in [0.25, 0.3) is 0 Å². The van der Waals surface area contributed by atoms with E-state index in [2.05, 4.69) is 0 Å². The molecule has 0 aliphatic heterocycles. The lowest BCUT2D eigenvalue weighted by Gasteiger charge is -2.24. The van der Waals surface area contributed by atoms with Crippen LogP contribution in [0.5, 0.6) is 0 Å². The first kappa shape index (κ1) is 14.1. The van der Waals surface area contributed by atoms with Gasteiger partial charge in [0.2, 0.25) is 0 Å². The van der Waals surface area contributed by atoms with Gasteiger partial charge in [-0.2, -0.15) is 13.2 Å². The Morgan fingerprint density at radius 2 is 1.67 bits per heavy atom. The molecule has 0 heterocycles. The molecular weight excluding hydrogens is 277 g/mol. The lowest BCUT2D eigenvalue weighted by Crippen LogP contribution is -2.25. The highest BCUT2D eigenvalue weighted by Crippen LogP contribution is 2.39. The van der Waals surface area contributed by atoms with Crippen molar-refractivity contribution in [3.8, 4) is 0 Å². The van der Waals surface area contributed by atoms with Gasteiger partial charge < -0.3 is 5.11 Å². The summed E-state index contributed by atoms with van der Waals surface area (Å²) < 4.78 is 37.6. The SMILES string of the molecule is OC1(Cc2ccc(C(F)(F)F)cc2)CCc2ccccc21. The molecule has 2 aromatic carbocycles. The van der Waals surface area contributed by atoms with Gasteiger partial charge in [-0.15, -0.1) is 0 Å². The first-order valence-corrected chi connectivity index (χ1v) is 6.85. The van der Waals surface area contributed by atoms with Crippen molar-refractivity contribution in [2.45, 2.75) is 31.0 Å². The summed E-state index contributed by atoms with van der Waals surface area (Å²) in [7, 11) is 0. The number of hydrogen-bond donors (Lipinski definition) is 1. The van der Waals surface area contributed by atoms with Crippen molar-refractivity contribution < 1.29 is 18.3 Å². The highest BCUT2D eigenvalue weighted by Gasteiger charge is 2.36. The Labute approximate surface area is 121 Å². The molecule has 1 nitrogen and oxygen atoms in total. The van der Waals surface area contributed by atoms with Gasteiger partial charge in [0.15, 0.2) is 0 Å². The molecule has 1 N–H and O–H groups in total. The van der Waals surface area contributed by atoms with E-state index in [1.807, 2.05) is 24.3 Å². The maximum absolute atomic E-state index is 12.5. The second-order valence-corrected chi connectivity index (χ2v) is 5.56. The van der Waals surface area contributed by atoms with E-state index in [9.17, 15) is 18.3 Å². The lowest BCUT2D eigenvalue weighted by atomic mass is 9.88. The van der Waals surface area contributed by atoms with Crippen LogP contribution in [-0.4, -0.2) is 5.11 Å². The normalized spacial score (nSPS) is 21.3. The van der Waals surface area contributed by atoms with Crippen LogP contribution in [-0.2, 0) is 24.6 Å². The highest BCUT2D eigenvalue weighted by molar-refractivity contribution is 5.39. The molecule has 0 saturated heterocycles. The van der Waals surface area contributed by atoms with E-state index in [1.54, 1.807) is 0 Å². The van der Waals surface area contributed by atoms with Crippen molar-refractivity contribution in [1.82, 2.24) is 0 Å². The van der Waals surface area contributed by atoms with E-state index < -0.39 is 17.3 Å². The fourth-order valence-electron chi connectivity index (χ4n) is 3.00. The zero-order valence-corrected chi connectivity index (χ0v) is 11.3. The summed E-state index contributed by atoms with van der Waals surface area (Å²) >= 11 is 0. The minimum atomic E-state index is -4.32. The third-order valence-electron chi connectivity index (χ3n) is 4.10. The Morgan fingerprint density at radius 1 is 1.00 bits per heavy atom. The minimum absolute atomic E-state index is 0.335. The molecule has 1 aliphatic carbocycles. The van der Waals surface area contributed by atoms with E-state index in [0.29, 0.717) is 18.4 Å². The molecular formula is C17H15F3O. The van der Waals surface area contributed by atoms with Gasteiger partial charge in [-0.1, -0.05) is 36.4 Å². The van der Waals surface area contributed by atoms with Crippen molar-refractivity contribution in [3.05, 3.63) is 70.8 Å². The second-order valence-electron chi connectivity index (χ2n) is 5.56. The van der Waals surface area contributed by atoms with Crippen LogP contribution < -0.4 is 0 Å². The fraction of sp³-hybridized carbons (Fsp3) is 0.294. The topological polar surface area (TPSA) is 20.2 Å². The maximum atomic E-state index is 12.5. The predicted octanol–water partition coefficient (Wildman–Crippen LogP) is 4.08. The predicted molar refractivity (Wildman–Crippen MR) is 73.8 cm³/mol. The Kier molecular flexibility index (Phi) is 3.29. The molecule has 1 atom stereocenters. The van der Waals surface area contributed by atoms with Gasteiger partial charge in [0.05, 0.1) is 11.2 Å². The molecule has 0 aromatic heterocycles. The zero-order chi connectivity index (χ0) is 15.1. The molecule has 0 fully saturated rings. The van der Waals surface area contributed by atoms with Crippen molar-refractivity contribution in [2.24, 2.45) is 0 Å². The van der Waals surface area contributed by atoms with Gasteiger partial charge >= 0.3 is 6.18 Å². The Hall–Kier alpha value is -1.81. The molecule has 0 bridgehead atoms. The number of rotatable bonds is 2. The number of alkyl halides is 3. The largest absolute Gasteiger partial charge is 0.416 e. The van der Waals surface area contributed by atoms with Crippen LogP contribution in [0, 0.1) is 0 Å². The molecule has 4 heteroatoms. The molecule has 1 aliphatic rings. The van der Waals surface area contributed by atoms with Gasteiger partial charge in [0, 0.05) is 6.42 Å². The number of aryl methyl sites for hydroxylation is 1. The third kappa shape index (κ3) is 2.68. The summed E-state index contributed by atoms with van der Waals surface area (Å²) in [4.78, 5) is 0. The second kappa shape index (κ2) is 4.88. The van der Waals surface area contributed by atoms with Crippen molar-refractivity contribution in [3.63, 3.8) is 0 Å². The van der Waals surface area contributed by atoms with Gasteiger partial charge in [0.25, 0.3) is 0 Å². The first-order chi connectivity index (χ1) is 9.88. The minimum Gasteiger partial charge on any atom is -0.385 e. The van der Waals surface area contributed by atoms with Crippen LogP contribution in [0.1, 0.15) is 28.7 Å². The number of benzene rings is 2. The standard InChI is InChI=1S/C17H15F3O/c18-17(19,20)14-7-5-12(6-8-14)11-16(21)10-9-13-3-1-2-4-15(13)16/h1-8,21H,9-11H2. The Balaban J connectivity index is 1.84. The molecule has 3 rings (SSSR count). The van der Waals surface area contributed by atoms with Gasteiger partial charge in [-0.25, -0.2) is 0 Å². The molecule has 110 valence electrons. The Bertz CT molecular complexity index is 646. The Morgan fingerprint density at radius 3 is 2.33 bits per heavy atom. The van der Waals surface area contributed by atoms with Crippen molar-refractivity contribution >= 4 is 0 Å². The van der Waals surface area contributed by atoms with Crippen LogP contribution in [0.4, 0.5) is 13.2 Å². The van der Waals surface area contributed by atoms with Crippen molar-refractivity contribution in [2.75, 3.05) is 0 Å². The van der Waals surface area contributed by atoms with Gasteiger partial charge in [0.1, 0.15) is 0 Å². The summed E-state index contributed by atoms with van der Waals surface area (Å²) in [5.41, 5.74) is 1.08. The summed E-state index contributed by atoms with van der Waals surface area (Å²) in [6.45, 7) is 0. The van der Waals surface area contributed by atoms with E-state index in [4.69, 9.17) is 0 Å². The molecule has 1 unspecified atom stereocenters. The molecule has 0 spiro atoms. The number of fused-ring (bicyclic) bond motifs is 1. The monoisotopic (exact) mass is 292 g/mol. The van der Waals surface area contributed by atoms with E-state index in [-0.39, 0.29) is 0 Å². The van der Waals surface area contributed by atoms with Gasteiger partial charge in [-0.05, 0) is 41.7 Å². The maximum Gasteiger partial charge on any atom is 0.416 e. The summed E-state index contributed by atoms with van der Waals surface area (Å²) in [6, 6.07) is 12.7. The van der Waals surface area contributed by atoms with Crippen LogP contribution in [0.2, 0.25) is 0 Å². The van der Waals surface area contributed by atoms with Crippen LogP contribution >= 0.6 is 0 Å². The number of halogens is 3. The molecule has 0 saturated carbocycles. The number of hydrogen-bond acceptors (Lipinski definition) is 1. The molecule has 21 heavy (non-hydrogen) atoms. The smallest absolute Gasteiger partial charge is 0.385 e. The summed E-state index contributed by atoms with van der Waals surface area (Å²) in [6.07, 6.45) is -2.59. The third-order valence-corrected chi connectivity index (χ3v) is 4.10. The quantitative estimate of drug-likeness (QED) is 0.884. The van der Waals surface area contributed by atoms with Crippen LogP contribution in [0.15, 0.2) is 48.5 Å². The molecule has 0 amide bonds. The summed E-state index contributed by atoms with van der Waals surface area (Å²) in [5, 5.41) is 10.8. The molecule has 2 aromatic rings. The average molecular weight is 292 g/mol. The fourth-order valence-corrected chi connectivity index (χ4v) is 3.00. The number of aliphatic hydroxyl groups is 1. The summed E-state index contributed by atoms with van der Waals surface area (Å²) in [5.74, 6) is 0.